The normalized spacial score (nSPS) is 13.1. The van der Waals surface area contributed by atoms with E-state index in [0.29, 0.717) is 0 Å². The van der Waals surface area contributed by atoms with Gasteiger partial charge < -0.3 is 0 Å². The maximum Gasteiger partial charge on any atom is 0.0457 e. The lowest BCUT2D eigenvalue weighted by Crippen LogP contribution is -1.71. The zero-order chi connectivity index (χ0) is 6.41. The van der Waals surface area contributed by atoms with Gasteiger partial charge in [0.15, 0.2) is 0 Å². The van der Waals surface area contributed by atoms with Gasteiger partial charge in [0.05, 0.1) is 0 Å². The number of nitrogens with zero attached hydrogens (tertiary/aromatic N) is 1. The van der Waals surface area contributed by atoms with Crippen LogP contribution in [-0.4, -0.2) is 6.21 Å². The fourth-order valence-electron chi connectivity index (χ4n) is 0.382. The van der Waals surface area contributed by atoms with Crippen molar-refractivity contribution in [2.24, 2.45) is 4.99 Å². The summed E-state index contributed by atoms with van der Waals surface area (Å²) in [5.74, 6) is 0. The molecule has 0 aromatic carbocycles. The Bertz CT molecular complexity index is 102. The van der Waals surface area contributed by atoms with E-state index in [1.165, 1.54) is 0 Å². The van der Waals surface area contributed by atoms with E-state index in [1.54, 1.807) is 11.6 Å². The largest absolute Gasteiger partial charge is 0.265 e. The molecule has 0 atom stereocenters. The first kappa shape index (κ1) is 7.76. The van der Waals surface area contributed by atoms with Crippen LogP contribution in [0.1, 0.15) is 20.3 Å². The van der Waals surface area contributed by atoms with Crippen LogP contribution in [-0.2, 0) is 0 Å². The van der Waals surface area contributed by atoms with Crippen LogP contribution in [0.2, 0.25) is 0 Å². The lowest BCUT2D eigenvalue weighted by atomic mass is 10.4. The van der Waals surface area contributed by atoms with Gasteiger partial charge in [0.2, 0.25) is 0 Å². The minimum Gasteiger partial charge on any atom is -0.265 e. The molecule has 46 valence electrons. The minimum absolute atomic E-state index is 0.952. The average molecular weight is 129 g/mol. The second-order valence-corrected chi connectivity index (χ2v) is 1.62. The molecular weight excluding hydrogens is 118 g/mol. The molecule has 0 radical (unpaired) electrons. The summed E-state index contributed by atoms with van der Waals surface area (Å²) in [5, 5.41) is 1.72. The van der Waals surface area contributed by atoms with Gasteiger partial charge in [-0.2, -0.15) is 0 Å². The summed E-state index contributed by atoms with van der Waals surface area (Å²) in [7, 11) is 0. The van der Waals surface area contributed by atoms with E-state index in [0.717, 1.165) is 12.1 Å². The fourth-order valence-corrected chi connectivity index (χ4v) is 0.631. The maximum atomic E-state index is 4.02. The summed E-state index contributed by atoms with van der Waals surface area (Å²) in [6, 6.07) is 0. The van der Waals surface area contributed by atoms with E-state index in [1.807, 2.05) is 6.92 Å². The monoisotopic (exact) mass is 129 g/mol. The molecule has 0 aliphatic carbocycles. The molecule has 0 heterocycles. The number of hydrogen-bond acceptors (Lipinski definition) is 2. The van der Waals surface area contributed by atoms with Crippen LogP contribution >= 0.6 is 12.6 Å². The highest BCUT2D eigenvalue weighted by atomic mass is 32.1. The van der Waals surface area contributed by atoms with Gasteiger partial charge in [0.1, 0.15) is 0 Å². The fraction of sp³-hybridized carbons (Fsp3) is 0.500. The van der Waals surface area contributed by atoms with Crippen molar-refractivity contribution in [1.82, 2.24) is 0 Å². The molecule has 8 heavy (non-hydrogen) atoms. The molecule has 1 nitrogen and oxygen atoms in total. The first-order chi connectivity index (χ1) is 3.85. The Hall–Kier alpha value is -0.240. The third-order valence-electron chi connectivity index (χ3n) is 0.806. The predicted octanol–water partition coefficient (Wildman–Crippen LogP) is 2.26. The summed E-state index contributed by atoms with van der Waals surface area (Å²) in [5.41, 5.74) is 1.02. The molecule has 2 heteroatoms. The van der Waals surface area contributed by atoms with Crippen molar-refractivity contribution in [1.29, 1.82) is 0 Å². The van der Waals surface area contributed by atoms with E-state index in [-0.39, 0.29) is 0 Å². The second-order valence-electron chi connectivity index (χ2n) is 1.36. The molecule has 0 aliphatic heterocycles. The van der Waals surface area contributed by atoms with Crippen molar-refractivity contribution in [3.8, 4) is 0 Å². The molecule has 0 aromatic rings. The Balaban J connectivity index is 3.72. The molecule has 0 fully saturated rings. The average Bonchev–Trinajstić information content (AvgIpc) is 1.83. The van der Waals surface area contributed by atoms with Crippen LogP contribution in [0.4, 0.5) is 0 Å². The summed E-state index contributed by atoms with van der Waals surface area (Å²) in [4.78, 5) is 4.02. The molecule has 0 saturated carbocycles. The molecule has 0 aromatic heterocycles. The summed E-state index contributed by atoms with van der Waals surface area (Å²) >= 11 is 3.95. The Morgan fingerprint density at radius 3 is 2.50 bits per heavy atom. The molecule has 0 N–H and O–H groups in total. The highest BCUT2D eigenvalue weighted by molar-refractivity contribution is 7.83. The van der Waals surface area contributed by atoms with Gasteiger partial charge in [-0.15, -0.1) is 12.6 Å². The van der Waals surface area contributed by atoms with Crippen LogP contribution in [0.25, 0.3) is 0 Å². The van der Waals surface area contributed by atoms with Crippen LogP contribution in [0.3, 0.4) is 0 Å². The maximum absolute atomic E-state index is 4.02. The topological polar surface area (TPSA) is 12.4 Å². The Kier molecular flexibility index (Phi) is 4.76. The SMILES string of the molecule is C/C=N\C(=C/S)CC. The summed E-state index contributed by atoms with van der Waals surface area (Å²) in [6.45, 7) is 3.95. The van der Waals surface area contributed by atoms with E-state index >= 15 is 0 Å². The molecule has 0 amide bonds. The van der Waals surface area contributed by atoms with Crippen molar-refractivity contribution in [3.63, 3.8) is 0 Å². The molecule has 0 saturated heterocycles. The van der Waals surface area contributed by atoms with Crippen molar-refractivity contribution in [2.45, 2.75) is 20.3 Å². The zero-order valence-corrected chi connectivity index (χ0v) is 6.15. The van der Waals surface area contributed by atoms with Crippen molar-refractivity contribution < 1.29 is 0 Å². The van der Waals surface area contributed by atoms with Gasteiger partial charge in [-0.1, -0.05) is 6.92 Å². The van der Waals surface area contributed by atoms with E-state index in [4.69, 9.17) is 0 Å². The van der Waals surface area contributed by atoms with Gasteiger partial charge >= 0.3 is 0 Å². The van der Waals surface area contributed by atoms with Crippen molar-refractivity contribution in [2.75, 3.05) is 0 Å². The van der Waals surface area contributed by atoms with Crippen LogP contribution in [0.15, 0.2) is 16.1 Å². The molecule has 0 bridgehead atoms. The molecular formula is C6H11NS. The first-order valence-corrected chi connectivity index (χ1v) is 3.18. The third kappa shape index (κ3) is 2.86. The van der Waals surface area contributed by atoms with Gasteiger partial charge in [-0.3, -0.25) is 4.99 Å². The Labute approximate surface area is 55.9 Å². The van der Waals surface area contributed by atoms with E-state index in [2.05, 4.69) is 24.5 Å². The van der Waals surface area contributed by atoms with Gasteiger partial charge in [-0.05, 0) is 18.8 Å². The first-order valence-electron chi connectivity index (χ1n) is 2.67. The molecule has 0 rings (SSSR count). The third-order valence-corrected chi connectivity index (χ3v) is 1.10. The highest BCUT2D eigenvalue weighted by Crippen LogP contribution is 2.01. The number of aliphatic imine (C=N–C) groups is 1. The predicted molar refractivity (Wildman–Crippen MR) is 41.5 cm³/mol. The van der Waals surface area contributed by atoms with E-state index in [9.17, 15) is 0 Å². The minimum atomic E-state index is 0.952. The van der Waals surface area contributed by atoms with Crippen LogP contribution in [0, 0.1) is 0 Å². The van der Waals surface area contributed by atoms with Gasteiger partial charge in [-0.25, -0.2) is 0 Å². The Morgan fingerprint density at radius 1 is 1.75 bits per heavy atom. The quantitative estimate of drug-likeness (QED) is 0.434. The van der Waals surface area contributed by atoms with Gasteiger partial charge in [0.25, 0.3) is 0 Å². The molecule has 0 unspecified atom stereocenters. The lowest BCUT2D eigenvalue weighted by molar-refractivity contribution is 1.08. The lowest BCUT2D eigenvalue weighted by Gasteiger charge is -1.89. The molecule has 0 aliphatic rings. The molecule has 0 spiro atoms. The summed E-state index contributed by atoms with van der Waals surface area (Å²) < 4.78 is 0. The van der Waals surface area contributed by atoms with Crippen LogP contribution < -0.4 is 0 Å². The summed E-state index contributed by atoms with van der Waals surface area (Å²) in [6.07, 6.45) is 2.72. The standard InChI is InChI=1S/C6H11NS/c1-3-6(5-8)7-4-2/h4-5,8H,3H2,1-2H3/b6-5-,7-4-. The zero-order valence-electron chi connectivity index (χ0n) is 5.26. The Morgan fingerprint density at radius 2 is 2.38 bits per heavy atom. The smallest absolute Gasteiger partial charge is 0.0457 e. The number of thiol groups is 1. The van der Waals surface area contributed by atoms with Gasteiger partial charge in [0, 0.05) is 11.9 Å². The number of rotatable bonds is 2. The number of hydrogen-bond donors (Lipinski definition) is 1. The second kappa shape index (κ2) is 4.91. The van der Waals surface area contributed by atoms with Crippen LogP contribution in [0.5, 0.6) is 0 Å². The van der Waals surface area contributed by atoms with E-state index < -0.39 is 0 Å². The highest BCUT2D eigenvalue weighted by Gasteiger charge is 1.81. The number of allylic oxidation sites excluding steroid dienone is 1. The van der Waals surface area contributed by atoms with Crippen molar-refractivity contribution >= 4 is 18.8 Å². The van der Waals surface area contributed by atoms with Crippen molar-refractivity contribution in [3.05, 3.63) is 11.1 Å².